The average molecular weight is 348 g/mol. The molecule has 2 nitrogen and oxygen atoms in total. The summed E-state index contributed by atoms with van der Waals surface area (Å²) in [6, 6.07) is 4.40. The zero-order chi connectivity index (χ0) is 14.8. The highest BCUT2D eigenvalue weighted by molar-refractivity contribution is 9.10. The highest BCUT2D eigenvalue weighted by atomic mass is 79.9. The number of halogens is 1. The summed E-state index contributed by atoms with van der Waals surface area (Å²) < 4.78 is 1.11. The van der Waals surface area contributed by atoms with Crippen molar-refractivity contribution in [3.63, 3.8) is 0 Å². The average Bonchev–Trinajstić information content (AvgIpc) is 2.71. The Balaban J connectivity index is 1.94. The van der Waals surface area contributed by atoms with Gasteiger partial charge in [-0.1, -0.05) is 42.1 Å². The molecular formula is C18H22BrNO. The second-order valence-corrected chi connectivity index (χ2v) is 8.13. The van der Waals surface area contributed by atoms with Crippen LogP contribution in [0.1, 0.15) is 75.3 Å². The van der Waals surface area contributed by atoms with Crippen LogP contribution in [0.5, 0.6) is 0 Å². The monoisotopic (exact) mass is 347 g/mol. The molecule has 0 bridgehead atoms. The Labute approximate surface area is 135 Å². The van der Waals surface area contributed by atoms with E-state index in [9.17, 15) is 4.79 Å². The number of rotatable bonds is 0. The fourth-order valence-electron chi connectivity index (χ4n) is 4.92. The lowest BCUT2D eigenvalue weighted by Crippen LogP contribution is -2.55. The molecule has 0 N–H and O–H groups in total. The zero-order valence-electron chi connectivity index (χ0n) is 12.8. The molecule has 3 aliphatic rings. The standard InChI is InChI=1S/C18H22BrNO/c1-11-10-18(6-4-3-5-7-18)20-16-14(11)8-13(19)9-15(16)12(2)17(20)21/h8-9,11-12H,3-7,10H2,1-2H3. The second kappa shape index (κ2) is 4.58. The summed E-state index contributed by atoms with van der Waals surface area (Å²) in [5.41, 5.74) is 3.97. The molecule has 21 heavy (non-hydrogen) atoms. The van der Waals surface area contributed by atoms with Crippen LogP contribution in [0.15, 0.2) is 16.6 Å². The summed E-state index contributed by atoms with van der Waals surface area (Å²) in [6.07, 6.45) is 7.37. The first-order valence-corrected chi connectivity index (χ1v) is 9.00. The van der Waals surface area contributed by atoms with Crippen LogP contribution < -0.4 is 4.90 Å². The number of amides is 1. The Kier molecular flexibility index (Phi) is 3.01. The van der Waals surface area contributed by atoms with Crippen LogP contribution in [0.2, 0.25) is 0 Å². The molecule has 4 rings (SSSR count). The molecule has 0 radical (unpaired) electrons. The van der Waals surface area contributed by atoms with Gasteiger partial charge in [0.25, 0.3) is 0 Å². The molecule has 1 fully saturated rings. The van der Waals surface area contributed by atoms with Crippen LogP contribution in [-0.4, -0.2) is 11.4 Å². The molecule has 112 valence electrons. The Morgan fingerprint density at radius 1 is 1.14 bits per heavy atom. The molecule has 2 unspecified atom stereocenters. The summed E-state index contributed by atoms with van der Waals surface area (Å²) in [4.78, 5) is 15.2. The van der Waals surface area contributed by atoms with Gasteiger partial charge >= 0.3 is 0 Å². The lowest BCUT2D eigenvalue weighted by atomic mass is 9.70. The summed E-state index contributed by atoms with van der Waals surface area (Å²) in [6.45, 7) is 4.41. The molecule has 1 saturated carbocycles. The third-order valence-electron chi connectivity index (χ3n) is 5.89. The van der Waals surface area contributed by atoms with E-state index in [4.69, 9.17) is 0 Å². The van der Waals surface area contributed by atoms with Crippen molar-refractivity contribution >= 4 is 27.5 Å². The van der Waals surface area contributed by atoms with Gasteiger partial charge in [-0.3, -0.25) is 4.79 Å². The smallest absolute Gasteiger partial charge is 0.234 e. The Hall–Kier alpha value is -0.830. The quantitative estimate of drug-likeness (QED) is 0.638. The van der Waals surface area contributed by atoms with Crippen LogP contribution >= 0.6 is 15.9 Å². The predicted octanol–water partition coefficient (Wildman–Crippen LogP) is 5.11. The number of fused-ring (bicyclic) bond motifs is 1. The van der Waals surface area contributed by atoms with Crippen molar-refractivity contribution in [2.24, 2.45) is 0 Å². The van der Waals surface area contributed by atoms with E-state index in [1.54, 1.807) is 0 Å². The third-order valence-corrected chi connectivity index (χ3v) is 6.35. The van der Waals surface area contributed by atoms with E-state index in [0.717, 1.165) is 10.9 Å². The summed E-state index contributed by atoms with van der Waals surface area (Å²) in [5.74, 6) is 0.891. The summed E-state index contributed by atoms with van der Waals surface area (Å²) in [5, 5.41) is 0. The fraction of sp³-hybridized carbons (Fsp3) is 0.611. The van der Waals surface area contributed by atoms with E-state index in [-0.39, 0.29) is 11.5 Å². The number of carbonyl (C=O) groups excluding carboxylic acids is 1. The molecule has 1 aliphatic carbocycles. The maximum absolute atomic E-state index is 13.0. The van der Waals surface area contributed by atoms with Crippen LogP contribution in [-0.2, 0) is 4.79 Å². The van der Waals surface area contributed by atoms with Crippen molar-refractivity contribution in [2.45, 2.75) is 69.7 Å². The first kappa shape index (κ1) is 13.8. The van der Waals surface area contributed by atoms with Gasteiger partial charge in [0.05, 0.1) is 11.6 Å². The van der Waals surface area contributed by atoms with E-state index < -0.39 is 0 Å². The lowest BCUT2D eigenvalue weighted by Gasteiger charge is -2.50. The molecule has 3 heteroatoms. The molecule has 1 aromatic carbocycles. The normalized spacial score (nSPS) is 29.9. The Morgan fingerprint density at radius 3 is 2.52 bits per heavy atom. The molecule has 1 spiro atoms. The van der Waals surface area contributed by atoms with Crippen LogP contribution in [0, 0.1) is 0 Å². The molecular weight excluding hydrogens is 326 g/mol. The van der Waals surface area contributed by atoms with Gasteiger partial charge < -0.3 is 4.90 Å². The van der Waals surface area contributed by atoms with Crippen molar-refractivity contribution in [2.75, 3.05) is 4.90 Å². The first-order chi connectivity index (χ1) is 10.0. The minimum Gasteiger partial charge on any atom is -0.305 e. The van der Waals surface area contributed by atoms with Gasteiger partial charge in [-0.05, 0) is 55.4 Å². The molecule has 2 aliphatic heterocycles. The topological polar surface area (TPSA) is 20.3 Å². The highest BCUT2D eigenvalue weighted by Crippen LogP contribution is 2.56. The van der Waals surface area contributed by atoms with E-state index in [2.05, 4.69) is 46.8 Å². The number of nitrogens with zero attached hydrogens (tertiary/aromatic N) is 1. The second-order valence-electron chi connectivity index (χ2n) is 7.22. The fourth-order valence-corrected chi connectivity index (χ4v) is 5.42. The van der Waals surface area contributed by atoms with Gasteiger partial charge in [0.2, 0.25) is 5.91 Å². The zero-order valence-corrected chi connectivity index (χ0v) is 14.4. The van der Waals surface area contributed by atoms with Crippen molar-refractivity contribution in [1.29, 1.82) is 0 Å². The van der Waals surface area contributed by atoms with Gasteiger partial charge in [0.15, 0.2) is 0 Å². The Bertz CT molecular complexity index is 618. The Morgan fingerprint density at radius 2 is 1.81 bits per heavy atom. The minimum atomic E-state index is 0.0142. The lowest BCUT2D eigenvalue weighted by molar-refractivity contribution is -0.120. The maximum atomic E-state index is 13.0. The number of hydrogen-bond donors (Lipinski definition) is 0. The maximum Gasteiger partial charge on any atom is 0.234 e. The molecule has 0 saturated heterocycles. The first-order valence-electron chi connectivity index (χ1n) is 8.21. The highest BCUT2D eigenvalue weighted by Gasteiger charge is 2.52. The number of anilines is 1. The van der Waals surface area contributed by atoms with E-state index in [1.807, 2.05) is 0 Å². The number of benzene rings is 1. The van der Waals surface area contributed by atoms with Crippen molar-refractivity contribution < 1.29 is 4.79 Å². The predicted molar refractivity (Wildman–Crippen MR) is 88.9 cm³/mol. The van der Waals surface area contributed by atoms with E-state index >= 15 is 0 Å². The number of hydrogen-bond acceptors (Lipinski definition) is 1. The van der Waals surface area contributed by atoms with Gasteiger partial charge in [0, 0.05) is 10.0 Å². The molecule has 1 amide bonds. The van der Waals surface area contributed by atoms with Gasteiger partial charge in [0.1, 0.15) is 0 Å². The molecule has 1 aromatic rings. The van der Waals surface area contributed by atoms with E-state index in [0.29, 0.717) is 11.8 Å². The van der Waals surface area contributed by atoms with Crippen molar-refractivity contribution in [3.8, 4) is 0 Å². The van der Waals surface area contributed by atoms with Gasteiger partial charge in [-0.15, -0.1) is 0 Å². The largest absolute Gasteiger partial charge is 0.305 e. The van der Waals surface area contributed by atoms with Crippen molar-refractivity contribution in [1.82, 2.24) is 0 Å². The molecule has 2 heterocycles. The summed E-state index contributed by atoms with van der Waals surface area (Å²) >= 11 is 3.63. The van der Waals surface area contributed by atoms with E-state index in [1.165, 1.54) is 48.9 Å². The number of carbonyl (C=O) groups is 1. The SMILES string of the molecule is CC1CC2(CCCCC2)N2C(=O)C(C)c3cc(Br)cc1c32. The molecule has 2 atom stereocenters. The van der Waals surface area contributed by atoms with Gasteiger partial charge in [-0.25, -0.2) is 0 Å². The van der Waals surface area contributed by atoms with Crippen LogP contribution in [0.3, 0.4) is 0 Å². The third kappa shape index (κ3) is 1.79. The van der Waals surface area contributed by atoms with Crippen LogP contribution in [0.25, 0.3) is 0 Å². The van der Waals surface area contributed by atoms with Crippen molar-refractivity contribution in [3.05, 3.63) is 27.7 Å². The summed E-state index contributed by atoms with van der Waals surface area (Å²) in [7, 11) is 0. The van der Waals surface area contributed by atoms with Gasteiger partial charge in [-0.2, -0.15) is 0 Å². The van der Waals surface area contributed by atoms with Crippen LogP contribution in [0.4, 0.5) is 5.69 Å². The molecule has 0 aromatic heterocycles. The minimum absolute atomic E-state index is 0.0142.